The van der Waals surface area contributed by atoms with Gasteiger partial charge in [0.1, 0.15) is 11.9 Å². The Morgan fingerprint density at radius 3 is 2.39 bits per heavy atom. The van der Waals surface area contributed by atoms with Crippen LogP contribution in [0.4, 0.5) is 4.79 Å². The SMILES string of the molecule is CC(C)(C)OC(=O)N1CC2(CC(Cc3ccc(C=O)cc3)C2)C1. The van der Waals surface area contributed by atoms with Crippen molar-refractivity contribution in [1.29, 1.82) is 0 Å². The Labute approximate surface area is 137 Å². The van der Waals surface area contributed by atoms with Gasteiger partial charge in [-0.15, -0.1) is 0 Å². The molecule has 0 radical (unpaired) electrons. The summed E-state index contributed by atoms with van der Waals surface area (Å²) in [5, 5.41) is 0. The minimum atomic E-state index is -0.421. The third-order valence-corrected chi connectivity index (χ3v) is 4.79. The molecule has 1 aliphatic carbocycles. The number of hydrogen-bond acceptors (Lipinski definition) is 3. The molecule has 1 amide bonds. The molecule has 4 nitrogen and oxygen atoms in total. The highest BCUT2D eigenvalue weighted by molar-refractivity contribution is 5.74. The Balaban J connectivity index is 1.43. The van der Waals surface area contributed by atoms with Gasteiger partial charge >= 0.3 is 6.09 Å². The third-order valence-electron chi connectivity index (χ3n) is 4.79. The number of hydrogen-bond donors (Lipinski definition) is 0. The second-order valence-electron chi connectivity index (χ2n) is 8.17. The van der Waals surface area contributed by atoms with Crippen LogP contribution < -0.4 is 0 Å². The summed E-state index contributed by atoms with van der Waals surface area (Å²) in [6, 6.07) is 7.85. The molecule has 1 spiro atoms. The van der Waals surface area contributed by atoms with E-state index in [0.29, 0.717) is 11.3 Å². The molecule has 124 valence electrons. The predicted molar refractivity (Wildman–Crippen MR) is 88.5 cm³/mol. The Morgan fingerprint density at radius 1 is 1.26 bits per heavy atom. The van der Waals surface area contributed by atoms with Gasteiger partial charge in [-0.25, -0.2) is 4.79 Å². The fourth-order valence-corrected chi connectivity index (χ4v) is 3.85. The zero-order valence-electron chi connectivity index (χ0n) is 14.2. The summed E-state index contributed by atoms with van der Waals surface area (Å²) in [5.41, 5.74) is 1.93. The molecule has 4 heteroatoms. The maximum atomic E-state index is 12.0. The van der Waals surface area contributed by atoms with Crippen LogP contribution in [0.15, 0.2) is 24.3 Å². The molecule has 0 atom stereocenters. The Bertz CT molecular complexity index is 586. The van der Waals surface area contributed by atoms with Gasteiger partial charge in [0.25, 0.3) is 0 Å². The molecule has 23 heavy (non-hydrogen) atoms. The lowest BCUT2D eigenvalue weighted by Gasteiger charge is -2.59. The lowest BCUT2D eigenvalue weighted by Crippen LogP contribution is -2.64. The monoisotopic (exact) mass is 315 g/mol. The van der Waals surface area contributed by atoms with Gasteiger partial charge in [0.2, 0.25) is 0 Å². The first-order valence-electron chi connectivity index (χ1n) is 8.31. The largest absolute Gasteiger partial charge is 0.444 e. The van der Waals surface area contributed by atoms with Crippen LogP contribution in [0.25, 0.3) is 0 Å². The van der Waals surface area contributed by atoms with Crippen LogP contribution in [0.5, 0.6) is 0 Å². The summed E-state index contributed by atoms with van der Waals surface area (Å²) in [4.78, 5) is 24.5. The molecule has 0 unspecified atom stereocenters. The number of rotatable bonds is 3. The van der Waals surface area contributed by atoms with Crippen LogP contribution in [0.1, 0.15) is 49.5 Å². The van der Waals surface area contributed by atoms with Crippen molar-refractivity contribution in [1.82, 2.24) is 4.90 Å². The van der Waals surface area contributed by atoms with E-state index >= 15 is 0 Å². The van der Waals surface area contributed by atoms with E-state index in [9.17, 15) is 9.59 Å². The number of nitrogens with zero attached hydrogens (tertiary/aromatic N) is 1. The minimum absolute atomic E-state index is 0.184. The lowest BCUT2D eigenvalue weighted by atomic mass is 9.56. The summed E-state index contributed by atoms with van der Waals surface area (Å²) < 4.78 is 5.41. The Kier molecular flexibility index (Phi) is 3.95. The van der Waals surface area contributed by atoms with Crippen molar-refractivity contribution in [2.75, 3.05) is 13.1 Å². The van der Waals surface area contributed by atoms with Gasteiger partial charge in [0, 0.05) is 24.1 Å². The van der Waals surface area contributed by atoms with Crippen molar-refractivity contribution in [2.24, 2.45) is 11.3 Å². The molecule has 2 fully saturated rings. The van der Waals surface area contributed by atoms with Crippen molar-refractivity contribution in [3.8, 4) is 0 Å². The average Bonchev–Trinajstić information content (AvgIpc) is 2.38. The normalized spacial score (nSPS) is 19.9. The van der Waals surface area contributed by atoms with Gasteiger partial charge in [-0.2, -0.15) is 0 Å². The first-order valence-corrected chi connectivity index (χ1v) is 8.31. The summed E-state index contributed by atoms with van der Waals surface area (Å²) in [6.45, 7) is 7.37. The topological polar surface area (TPSA) is 46.6 Å². The van der Waals surface area contributed by atoms with Crippen LogP contribution in [0, 0.1) is 11.3 Å². The van der Waals surface area contributed by atoms with E-state index < -0.39 is 5.60 Å². The molecule has 1 aromatic carbocycles. The third kappa shape index (κ3) is 3.57. The van der Waals surface area contributed by atoms with Gasteiger partial charge in [-0.05, 0) is 51.5 Å². The van der Waals surface area contributed by atoms with Gasteiger partial charge < -0.3 is 9.64 Å². The summed E-state index contributed by atoms with van der Waals surface area (Å²) in [5.74, 6) is 0.692. The van der Waals surface area contributed by atoms with Gasteiger partial charge in [0.05, 0.1) is 0 Å². The number of benzene rings is 1. The van der Waals surface area contributed by atoms with Crippen LogP contribution >= 0.6 is 0 Å². The smallest absolute Gasteiger partial charge is 0.410 e. The first-order chi connectivity index (χ1) is 10.8. The highest BCUT2D eigenvalue weighted by Gasteiger charge is 2.54. The molecule has 0 N–H and O–H groups in total. The number of ether oxygens (including phenoxy) is 1. The molecule has 1 aromatic rings. The highest BCUT2D eigenvalue weighted by atomic mass is 16.6. The van der Waals surface area contributed by atoms with E-state index in [1.807, 2.05) is 49.9 Å². The summed E-state index contributed by atoms with van der Waals surface area (Å²) in [6.07, 6.45) is 4.12. The van der Waals surface area contributed by atoms with E-state index in [4.69, 9.17) is 4.74 Å². The Morgan fingerprint density at radius 2 is 1.87 bits per heavy atom. The van der Waals surface area contributed by atoms with Crippen molar-refractivity contribution in [3.05, 3.63) is 35.4 Å². The van der Waals surface area contributed by atoms with E-state index in [-0.39, 0.29) is 6.09 Å². The van der Waals surface area contributed by atoms with Crippen molar-refractivity contribution < 1.29 is 14.3 Å². The number of aldehydes is 1. The average molecular weight is 315 g/mol. The van der Waals surface area contributed by atoms with Crippen molar-refractivity contribution in [3.63, 3.8) is 0 Å². The standard InChI is InChI=1S/C19H25NO3/c1-18(2,3)23-17(22)20-12-19(13-20)9-16(10-19)8-14-4-6-15(11-21)7-5-14/h4-7,11,16H,8-10,12-13H2,1-3H3. The van der Waals surface area contributed by atoms with E-state index in [0.717, 1.165) is 31.4 Å². The molecule has 1 heterocycles. The van der Waals surface area contributed by atoms with Crippen LogP contribution in [-0.2, 0) is 11.2 Å². The summed E-state index contributed by atoms with van der Waals surface area (Å²) in [7, 11) is 0. The molecule has 1 saturated heterocycles. The molecule has 3 rings (SSSR count). The second kappa shape index (κ2) is 5.66. The van der Waals surface area contributed by atoms with Gasteiger partial charge in [-0.3, -0.25) is 4.79 Å². The van der Waals surface area contributed by atoms with Crippen molar-refractivity contribution in [2.45, 2.75) is 45.6 Å². The number of amides is 1. The van der Waals surface area contributed by atoms with Crippen LogP contribution in [0.3, 0.4) is 0 Å². The van der Waals surface area contributed by atoms with Gasteiger partial charge in [0.15, 0.2) is 0 Å². The molecule has 2 aliphatic rings. The molecular formula is C19H25NO3. The van der Waals surface area contributed by atoms with E-state index in [1.165, 1.54) is 18.4 Å². The second-order valence-corrected chi connectivity index (χ2v) is 8.17. The van der Waals surface area contributed by atoms with Crippen LogP contribution in [-0.4, -0.2) is 36.0 Å². The maximum Gasteiger partial charge on any atom is 0.410 e. The van der Waals surface area contributed by atoms with Crippen LogP contribution in [0.2, 0.25) is 0 Å². The molecule has 1 aliphatic heterocycles. The van der Waals surface area contributed by atoms with Gasteiger partial charge in [-0.1, -0.05) is 24.3 Å². The quantitative estimate of drug-likeness (QED) is 0.799. The lowest BCUT2D eigenvalue weighted by molar-refractivity contribution is -0.0947. The van der Waals surface area contributed by atoms with Crippen molar-refractivity contribution >= 4 is 12.4 Å². The van der Waals surface area contributed by atoms with E-state index in [2.05, 4.69) is 0 Å². The summed E-state index contributed by atoms with van der Waals surface area (Å²) >= 11 is 0. The molecule has 0 bridgehead atoms. The maximum absolute atomic E-state index is 12.0. The first kappa shape index (κ1) is 16.0. The zero-order chi connectivity index (χ0) is 16.7. The fourth-order valence-electron chi connectivity index (χ4n) is 3.85. The predicted octanol–water partition coefficient (Wildman–Crippen LogP) is 3.69. The number of likely N-dealkylation sites (tertiary alicyclic amines) is 1. The Hall–Kier alpha value is -1.84. The fraction of sp³-hybridized carbons (Fsp3) is 0.579. The molecule has 0 aromatic heterocycles. The molecular weight excluding hydrogens is 290 g/mol. The highest BCUT2D eigenvalue weighted by Crippen LogP contribution is 2.53. The molecule has 1 saturated carbocycles. The zero-order valence-corrected chi connectivity index (χ0v) is 14.2. The minimum Gasteiger partial charge on any atom is -0.444 e. The number of carbonyl (C=O) groups is 2. The number of carbonyl (C=O) groups excluding carboxylic acids is 2. The van der Waals surface area contributed by atoms with E-state index in [1.54, 1.807) is 0 Å².